The Labute approximate surface area is 229 Å². The van der Waals surface area contributed by atoms with Crippen LogP contribution in [-0.2, 0) is 0 Å². The van der Waals surface area contributed by atoms with E-state index in [1.165, 1.54) is 11.1 Å². The fraction of sp³-hybridized carbons (Fsp3) is 0.219. The Bertz CT molecular complexity index is 1470. The van der Waals surface area contributed by atoms with Gasteiger partial charge in [-0.2, -0.15) is 5.10 Å². The number of rotatable bonds is 7. The molecule has 3 aromatic carbocycles. The van der Waals surface area contributed by atoms with Crippen LogP contribution in [0.1, 0.15) is 22.9 Å². The topological polar surface area (TPSA) is 59.3 Å². The lowest BCUT2D eigenvalue weighted by atomic mass is 9.96. The fourth-order valence-corrected chi connectivity index (χ4v) is 5.29. The SMILES string of the molecule is COc1ccc(-n2cc(-c3ccnc(N4CCN(C(c5ccccc5)c5ccccc5)CC4)n3)c(C)n2)cc1. The minimum Gasteiger partial charge on any atom is -0.497 e. The number of aryl methyl sites for hydroxylation is 1. The number of nitrogens with zero attached hydrogens (tertiary/aromatic N) is 6. The molecule has 6 rings (SSSR count). The molecule has 0 spiro atoms. The van der Waals surface area contributed by atoms with Crippen LogP contribution < -0.4 is 9.64 Å². The third-order valence-electron chi connectivity index (χ3n) is 7.35. The van der Waals surface area contributed by atoms with E-state index < -0.39 is 0 Å². The zero-order valence-electron chi connectivity index (χ0n) is 22.3. The zero-order valence-corrected chi connectivity index (χ0v) is 22.3. The quantitative estimate of drug-likeness (QED) is 0.282. The molecule has 1 saturated heterocycles. The summed E-state index contributed by atoms with van der Waals surface area (Å²) in [5.74, 6) is 1.59. The summed E-state index contributed by atoms with van der Waals surface area (Å²) in [4.78, 5) is 14.5. The average Bonchev–Trinajstić information content (AvgIpc) is 3.40. The molecule has 196 valence electrons. The van der Waals surface area contributed by atoms with Gasteiger partial charge >= 0.3 is 0 Å². The summed E-state index contributed by atoms with van der Waals surface area (Å²) in [6, 6.07) is 31.6. The standard InChI is InChI=1S/C32H32N6O/c1-24-29(23-38(35-24)27-13-15-28(39-2)16-14-27)30-17-18-33-32(34-30)37-21-19-36(20-22-37)31(25-9-5-3-6-10-25)26-11-7-4-8-12-26/h3-18,23,31H,19-22H2,1-2H3. The molecule has 1 fully saturated rings. The van der Waals surface area contributed by atoms with Crippen molar-refractivity contribution < 1.29 is 4.74 Å². The van der Waals surface area contributed by atoms with Gasteiger partial charge in [0.15, 0.2) is 0 Å². The molecule has 5 aromatic rings. The normalized spacial score (nSPS) is 14.1. The maximum atomic E-state index is 5.28. The van der Waals surface area contributed by atoms with Crippen LogP contribution in [0, 0.1) is 6.92 Å². The number of methoxy groups -OCH3 is 1. The van der Waals surface area contributed by atoms with E-state index >= 15 is 0 Å². The fourth-order valence-electron chi connectivity index (χ4n) is 5.29. The highest BCUT2D eigenvalue weighted by Crippen LogP contribution is 2.30. The number of hydrogen-bond acceptors (Lipinski definition) is 6. The molecule has 0 N–H and O–H groups in total. The highest BCUT2D eigenvalue weighted by molar-refractivity contribution is 5.63. The predicted molar refractivity (Wildman–Crippen MR) is 154 cm³/mol. The number of piperazine rings is 1. The van der Waals surface area contributed by atoms with E-state index in [1.54, 1.807) is 7.11 Å². The molecule has 0 bridgehead atoms. The predicted octanol–water partition coefficient (Wildman–Crippen LogP) is 5.56. The van der Waals surface area contributed by atoms with Crippen LogP contribution in [0.15, 0.2) is 103 Å². The molecular formula is C32H32N6O. The summed E-state index contributed by atoms with van der Waals surface area (Å²) in [5.41, 5.74) is 6.42. The molecule has 7 heteroatoms. The first-order valence-corrected chi connectivity index (χ1v) is 13.3. The maximum absolute atomic E-state index is 5.28. The molecule has 39 heavy (non-hydrogen) atoms. The smallest absolute Gasteiger partial charge is 0.225 e. The Kier molecular flexibility index (Phi) is 7.06. The van der Waals surface area contributed by atoms with Gasteiger partial charge in [0, 0.05) is 44.1 Å². The monoisotopic (exact) mass is 516 g/mol. The van der Waals surface area contributed by atoms with Crippen molar-refractivity contribution in [3.05, 3.63) is 120 Å². The van der Waals surface area contributed by atoms with Crippen LogP contribution in [-0.4, -0.2) is 57.9 Å². The minimum atomic E-state index is 0.230. The summed E-state index contributed by atoms with van der Waals surface area (Å²) in [7, 11) is 1.67. The number of anilines is 1. The average molecular weight is 517 g/mol. The van der Waals surface area contributed by atoms with E-state index in [1.807, 2.05) is 54.3 Å². The summed E-state index contributed by atoms with van der Waals surface area (Å²) >= 11 is 0. The summed E-state index contributed by atoms with van der Waals surface area (Å²) in [5, 5.41) is 4.74. The lowest BCUT2D eigenvalue weighted by Crippen LogP contribution is -2.48. The van der Waals surface area contributed by atoms with Crippen molar-refractivity contribution >= 4 is 5.95 Å². The number of hydrogen-bond donors (Lipinski definition) is 0. The Morgan fingerprint density at radius 3 is 2.03 bits per heavy atom. The van der Waals surface area contributed by atoms with Crippen LogP contribution in [0.3, 0.4) is 0 Å². The van der Waals surface area contributed by atoms with Crippen molar-refractivity contribution in [1.29, 1.82) is 0 Å². The molecule has 0 saturated carbocycles. The zero-order chi connectivity index (χ0) is 26.6. The van der Waals surface area contributed by atoms with E-state index in [-0.39, 0.29) is 6.04 Å². The van der Waals surface area contributed by atoms with E-state index in [0.29, 0.717) is 0 Å². The highest BCUT2D eigenvalue weighted by Gasteiger charge is 2.27. The van der Waals surface area contributed by atoms with Crippen molar-refractivity contribution in [1.82, 2.24) is 24.6 Å². The second kappa shape index (κ2) is 11.1. The van der Waals surface area contributed by atoms with Gasteiger partial charge in [-0.05, 0) is 48.4 Å². The second-order valence-electron chi connectivity index (χ2n) is 9.76. The van der Waals surface area contributed by atoms with Gasteiger partial charge < -0.3 is 9.64 Å². The van der Waals surface area contributed by atoms with E-state index in [0.717, 1.165) is 60.5 Å². The van der Waals surface area contributed by atoms with E-state index in [2.05, 4.69) is 75.4 Å². The minimum absolute atomic E-state index is 0.230. The Morgan fingerprint density at radius 2 is 1.41 bits per heavy atom. The van der Waals surface area contributed by atoms with Crippen molar-refractivity contribution in [2.24, 2.45) is 0 Å². The van der Waals surface area contributed by atoms with Crippen molar-refractivity contribution in [3.63, 3.8) is 0 Å². The number of aromatic nitrogens is 4. The van der Waals surface area contributed by atoms with E-state index in [9.17, 15) is 0 Å². The van der Waals surface area contributed by atoms with Crippen LogP contribution in [0.4, 0.5) is 5.95 Å². The third kappa shape index (κ3) is 5.26. The Hall–Kier alpha value is -4.49. The summed E-state index contributed by atoms with van der Waals surface area (Å²) in [6.07, 6.45) is 3.89. The Morgan fingerprint density at radius 1 is 0.769 bits per heavy atom. The van der Waals surface area contributed by atoms with Gasteiger partial charge in [-0.15, -0.1) is 0 Å². The molecule has 3 heterocycles. The van der Waals surface area contributed by atoms with Crippen LogP contribution in [0.2, 0.25) is 0 Å². The van der Waals surface area contributed by atoms with Crippen molar-refractivity contribution in [2.75, 3.05) is 38.2 Å². The Balaban J connectivity index is 1.20. The summed E-state index contributed by atoms with van der Waals surface area (Å²) in [6.45, 7) is 5.60. The molecular weight excluding hydrogens is 484 g/mol. The van der Waals surface area contributed by atoms with Gasteiger partial charge in [0.25, 0.3) is 0 Å². The van der Waals surface area contributed by atoms with Crippen LogP contribution in [0.5, 0.6) is 5.75 Å². The molecule has 0 atom stereocenters. The largest absolute Gasteiger partial charge is 0.497 e. The molecule has 0 unspecified atom stereocenters. The van der Waals surface area contributed by atoms with Gasteiger partial charge in [-0.25, -0.2) is 14.6 Å². The molecule has 1 aliphatic heterocycles. The summed E-state index contributed by atoms with van der Waals surface area (Å²) < 4.78 is 7.17. The van der Waals surface area contributed by atoms with Gasteiger partial charge in [0.05, 0.1) is 30.2 Å². The third-order valence-corrected chi connectivity index (χ3v) is 7.35. The van der Waals surface area contributed by atoms with Gasteiger partial charge in [0.1, 0.15) is 5.75 Å². The van der Waals surface area contributed by atoms with Gasteiger partial charge in [-0.3, -0.25) is 4.90 Å². The molecule has 7 nitrogen and oxygen atoms in total. The molecule has 0 aliphatic carbocycles. The first kappa shape index (κ1) is 24.8. The van der Waals surface area contributed by atoms with Crippen molar-refractivity contribution in [2.45, 2.75) is 13.0 Å². The van der Waals surface area contributed by atoms with E-state index in [4.69, 9.17) is 14.8 Å². The second-order valence-corrected chi connectivity index (χ2v) is 9.76. The van der Waals surface area contributed by atoms with Gasteiger partial charge in [0.2, 0.25) is 5.95 Å². The van der Waals surface area contributed by atoms with Gasteiger partial charge in [-0.1, -0.05) is 60.7 Å². The lowest BCUT2D eigenvalue weighted by molar-refractivity contribution is 0.211. The maximum Gasteiger partial charge on any atom is 0.225 e. The first-order valence-electron chi connectivity index (χ1n) is 13.3. The van der Waals surface area contributed by atoms with Crippen molar-refractivity contribution in [3.8, 4) is 22.7 Å². The molecule has 2 aromatic heterocycles. The first-order chi connectivity index (χ1) is 19.2. The van der Waals surface area contributed by atoms with Crippen LogP contribution >= 0.6 is 0 Å². The lowest BCUT2D eigenvalue weighted by Gasteiger charge is -2.39. The molecule has 0 radical (unpaired) electrons. The number of ether oxygens (including phenoxy) is 1. The molecule has 1 aliphatic rings. The number of benzene rings is 3. The molecule has 0 amide bonds. The van der Waals surface area contributed by atoms with Crippen LogP contribution in [0.25, 0.3) is 16.9 Å². The highest BCUT2D eigenvalue weighted by atomic mass is 16.5.